The van der Waals surface area contributed by atoms with Gasteiger partial charge in [0.2, 0.25) is 0 Å². The van der Waals surface area contributed by atoms with Crippen LogP contribution in [0.25, 0.3) is 0 Å². The molecule has 9 heteroatoms. The van der Waals surface area contributed by atoms with Crippen molar-refractivity contribution in [3.8, 4) is 0 Å². The van der Waals surface area contributed by atoms with Crippen molar-refractivity contribution in [1.29, 1.82) is 0 Å². The molecule has 0 saturated carbocycles. The van der Waals surface area contributed by atoms with E-state index in [0.29, 0.717) is 4.34 Å². The first-order chi connectivity index (χ1) is 8.66. The molecule has 0 N–H and O–H groups in total. The molecule has 0 radical (unpaired) electrons. The Morgan fingerprint density at radius 3 is 2.47 bits per heavy atom. The molecule has 0 unspecified atom stereocenters. The van der Waals surface area contributed by atoms with Crippen LogP contribution in [0.3, 0.4) is 0 Å². The largest absolute Gasteiger partial charge is 0.235 e. The minimum absolute atomic E-state index is 0.118. The molecule has 0 amide bonds. The van der Waals surface area contributed by atoms with Gasteiger partial charge in [0, 0.05) is 23.6 Å². The summed E-state index contributed by atoms with van der Waals surface area (Å²) in [5, 5.41) is 4.33. The third-order valence-electron chi connectivity index (χ3n) is 2.14. The van der Waals surface area contributed by atoms with Gasteiger partial charge in [-0.05, 0) is 0 Å². The van der Waals surface area contributed by atoms with Crippen LogP contribution in [-0.2, 0) is 15.3 Å². The number of nitrogens with zero attached hydrogens (tertiary/aromatic N) is 4. The van der Waals surface area contributed by atoms with Gasteiger partial charge in [0.05, 0.1) is 6.20 Å². The summed E-state index contributed by atoms with van der Waals surface area (Å²) in [6.07, 6.45) is 4.14. The number of aromatic nitrogens is 4. The van der Waals surface area contributed by atoms with Gasteiger partial charge in [0.25, 0.3) is 0 Å². The van der Waals surface area contributed by atoms with E-state index in [2.05, 4.69) is 15.1 Å². The maximum atomic E-state index is 11.4. The highest BCUT2D eigenvalue weighted by Crippen LogP contribution is 2.28. The average molecular weight is 318 g/mol. The zero-order valence-corrected chi connectivity index (χ0v) is 13.4. The summed E-state index contributed by atoms with van der Waals surface area (Å²) in [5.41, 5.74) is -0.118. The molecular formula is C10H14N4O2S3. The molecular weight excluding hydrogens is 304 g/mol. The van der Waals surface area contributed by atoms with E-state index < -0.39 is 9.84 Å². The number of thiazole rings is 1. The lowest BCUT2D eigenvalue weighted by molar-refractivity contribution is 0.546. The van der Waals surface area contributed by atoms with Crippen LogP contribution in [0.1, 0.15) is 26.6 Å². The third-order valence-corrected chi connectivity index (χ3v) is 5.82. The molecule has 0 saturated heterocycles. The predicted molar refractivity (Wildman–Crippen MR) is 75.2 cm³/mol. The molecule has 0 spiro atoms. The Morgan fingerprint density at radius 2 is 2.00 bits per heavy atom. The number of hydrogen-bond acceptors (Lipinski definition) is 7. The fraction of sp³-hybridized carbons (Fsp3) is 0.500. The Bertz CT molecular complexity index is 682. The van der Waals surface area contributed by atoms with Gasteiger partial charge in [-0.15, -0.1) is 5.10 Å². The van der Waals surface area contributed by atoms with Gasteiger partial charge in [-0.25, -0.2) is 18.4 Å². The van der Waals surface area contributed by atoms with Gasteiger partial charge in [0.1, 0.15) is 10.5 Å². The molecule has 104 valence electrons. The second-order valence-corrected chi connectivity index (χ2v) is 9.50. The zero-order valence-electron chi connectivity index (χ0n) is 11.0. The van der Waals surface area contributed by atoms with Crippen molar-refractivity contribution in [2.24, 2.45) is 0 Å². The highest BCUT2D eigenvalue weighted by atomic mass is 32.2. The van der Waals surface area contributed by atoms with Gasteiger partial charge >= 0.3 is 0 Å². The first-order valence-electron chi connectivity index (χ1n) is 5.42. The summed E-state index contributed by atoms with van der Waals surface area (Å²) in [6.45, 7) is 6.09. The topological polar surface area (TPSA) is 77.7 Å². The molecule has 0 bridgehead atoms. The SMILES string of the molecule is CC(C)(C)c1ncn(Sc2ncc(S(C)(=O)=O)s2)n1. The standard InChI is InChI=1S/C10H14N4O2S3/c1-10(2,3)8-12-6-14(13-8)18-9-11-5-7(17-9)19(4,15)16/h5-6H,1-4H3. The first-order valence-corrected chi connectivity index (χ1v) is 8.91. The summed E-state index contributed by atoms with van der Waals surface area (Å²) < 4.78 is 25.2. The van der Waals surface area contributed by atoms with Crippen LogP contribution in [0.2, 0.25) is 0 Å². The van der Waals surface area contributed by atoms with Gasteiger partial charge in [-0.3, -0.25) is 0 Å². The van der Waals surface area contributed by atoms with E-state index in [1.54, 1.807) is 10.4 Å². The van der Waals surface area contributed by atoms with Crippen molar-refractivity contribution in [2.45, 2.75) is 34.7 Å². The zero-order chi connectivity index (χ0) is 14.3. The quantitative estimate of drug-likeness (QED) is 0.861. The maximum absolute atomic E-state index is 11.4. The van der Waals surface area contributed by atoms with Crippen LogP contribution in [0, 0.1) is 0 Å². The van der Waals surface area contributed by atoms with E-state index >= 15 is 0 Å². The van der Waals surface area contributed by atoms with E-state index in [9.17, 15) is 8.42 Å². The maximum Gasteiger partial charge on any atom is 0.186 e. The van der Waals surface area contributed by atoms with Crippen molar-refractivity contribution in [2.75, 3.05) is 6.26 Å². The molecule has 2 heterocycles. The molecule has 0 atom stereocenters. The van der Waals surface area contributed by atoms with Crippen molar-refractivity contribution in [1.82, 2.24) is 19.2 Å². The molecule has 2 rings (SSSR count). The first kappa shape index (κ1) is 14.5. The van der Waals surface area contributed by atoms with E-state index in [-0.39, 0.29) is 9.62 Å². The molecule has 2 aromatic rings. The van der Waals surface area contributed by atoms with Crippen LogP contribution < -0.4 is 0 Å². The van der Waals surface area contributed by atoms with Gasteiger partial charge in [0.15, 0.2) is 20.0 Å². The highest BCUT2D eigenvalue weighted by Gasteiger charge is 2.19. The molecule has 0 aliphatic carbocycles. The minimum atomic E-state index is -3.19. The van der Waals surface area contributed by atoms with E-state index in [4.69, 9.17) is 0 Å². The Labute approximate surface area is 120 Å². The normalized spacial score (nSPS) is 12.8. The fourth-order valence-electron chi connectivity index (χ4n) is 1.17. The molecule has 2 aromatic heterocycles. The molecule has 6 nitrogen and oxygen atoms in total. The number of hydrogen-bond donors (Lipinski definition) is 0. The van der Waals surface area contributed by atoms with E-state index in [0.717, 1.165) is 17.2 Å². The summed E-state index contributed by atoms with van der Waals surface area (Å²) in [7, 11) is -3.19. The van der Waals surface area contributed by atoms with Crippen molar-refractivity contribution in [3.05, 3.63) is 18.3 Å². The third kappa shape index (κ3) is 3.54. The Kier molecular flexibility index (Phi) is 3.72. The summed E-state index contributed by atoms with van der Waals surface area (Å²) in [5.74, 6) is 0.736. The highest BCUT2D eigenvalue weighted by molar-refractivity contribution is 8.00. The summed E-state index contributed by atoms with van der Waals surface area (Å²) in [4.78, 5) is 8.29. The van der Waals surface area contributed by atoms with Gasteiger partial charge in [-0.2, -0.15) is 4.09 Å². The molecule has 0 aliphatic rings. The lowest BCUT2D eigenvalue weighted by atomic mass is 9.96. The smallest absolute Gasteiger partial charge is 0.186 e. The predicted octanol–water partition coefficient (Wildman–Crippen LogP) is 1.99. The van der Waals surface area contributed by atoms with Crippen molar-refractivity contribution < 1.29 is 8.42 Å². The van der Waals surface area contributed by atoms with E-state index in [1.165, 1.54) is 24.4 Å². The second kappa shape index (κ2) is 4.88. The van der Waals surface area contributed by atoms with Gasteiger partial charge < -0.3 is 0 Å². The fourth-order valence-corrected chi connectivity index (χ4v) is 3.92. The average Bonchev–Trinajstić information content (AvgIpc) is 2.84. The molecule has 0 aliphatic heterocycles. The lowest BCUT2D eigenvalue weighted by Crippen LogP contribution is -2.13. The monoisotopic (exact) mass is 318 g/mol. The minimum Gasteiger partial charge on any atom is -0.235 e. The van der Waals surface area contributed by atoms with Crippen molar-refractivity contribution in [3.63, 3.8) is 0 Å². The van der Waals surface area contributed by atoms with Crippen molar-refractivity contribution >= 4 is 33.1 Å². The van der Waals surface area contributed by atoms with Crippen LogP contribution in [0.5, 0.6) is 0 Å². The van der Waals surface area contributed by atoms with Crippen LogP contribution >= 0.6 is 23.3 Å². The Balaban J connectivity index is 2.18. The summed E-state index contributed by atoms with van der Waals surface area (Å²) >= 11 is 2.37. The lowest BCUT2D eigenvalue weighted by Gasteiger charge is -2.11. The molecule has 19 heavy (non-hydrogen) atoms. The second-order valence-electron chi connectivity index (χ2n) is 5.03. The van der Waals surface area contributed by atoms with Crippen LogP contribution in [-0.4, -0.2) is 33.8 Å². The van der Waals surface area contributed by atoms with Gasteiger partial charge in [-0.1, -0.05) is 32.1 Å². The van der Waals surface area contributed by atoms with Crippen LogP contribution in [0.4, 0.5) is 0 Å². The number of rotatable bonds is 3. The Morgan fingerprint density at radius 1 is 1.32 bits per heavy atom. The molecule has 0 aromatic carbocycles. The van der Waals surface area contributed by atoms with E-state index in [1.807, 2.05) is 20.8 Å². The molecule has 0 fully saturated rings. The Hall–Kier alpha value is -0.930. The number of sulfone groups is 1. The summed E-state index contributed by atoms with van der Waals surface area (Å²) in [6, 6.07) is 0. The van der Waals surface area contributed by atoms with Crippen LogP contribution in [0.15, 0.2) is 21.1 Å².